The van der Waals surface area contributed by atoms with Crippen molar-refractivity contribution in [3.8, 4) is 12.3 Å². The molecule has 0 bridgehead atoms. The van der Waals surface area contributed by atoms with Crippen molar-refractivity contribution >= 4 is 11.8 Å². The van der Waals surface area contributed by atoms with Gasteiger partial charge >= 0.3 is 0 Å². The van der Waals surface area contributed by atoms with Crippen LogP contribution < -0.4 is 0 Å². The van der Waals surface area contributed by atoms with Gasteiger partial charge < -0.3 is 0 Å². The van der Waals surface area contributed by atoms with Crippen LogP contribution in [0.2, 0.25) is 0 Å². The van der Waals surface area contributed by atoms with Gasteiger partial charge in [0.2, 0.25) is 0 Å². The van der Waals surface area contributed by atoms with Crippen LogP contribution in [0, 0.1) is 18.3 Å². The van der Waals surface area contributed by atoms with Crippen LogP contribution >= 0.6 is 11.8 Å². The van der Waals surface area contributed by atoms with Crippen molar-refractivity contribution in [3.63, 3.8) is 0 Å². The first-order chi connectivity index (χ1) is 4.93. The van der Waals surface area contributed by atoms with E-state index in [9.17, 15) is 0 Å². The van der Waals surface area contributed by atoms with E-state index in [0.717, 1.165) is 12.3 Å². The quantitative estimate of drug-likeness (QED) is 0.551. The smallest absolute Gasteiger partial charge is 0.00889 e. The highest BCUT2D eigenvalue weighted by Gasteiger charge is 2.11. The summed E-state index contributed by atoms with van der Waals surface area (Å²) < 4.78 is 0. The molecule has 1 aliphatic heterocycles. The molecule has 1 unspecified atom stereocenters. The number of hydrogen-bond donors (Lipinski definition) is 0. The first-order valence-corrected chi connectivity index (χ1v) is 5.10. The zero-order chi connectivity index (χ0) is 7.23. The van der Waals surface area contributed by atoms with Crippen LogP contribution in [-0.4, -0.2) is 11.5 Å². The highest BCUT2D eigenvalue weighted by atomic mass is 32.2. The van der Waals surface area contributed by atoms with Gasteiger partial charge in [0.15, 0.2) is 0 Å². The Morgan fingerprint density at radius 1 is 1.60 bits per heavy atom. The molecule has 0 radical (unpaired) electrons. The van der Waals surface area contributed by atoms with Crippen molar-refractivity contribution in [2.24, 2.45) is 5.92 Å². The van der Waals surface area contributed by atoms with Gasteiger partial charge in [-0.25, -0.2) is 0 Å². The van der Waals surface area contributed by atoms with E-state index < -0.39 is 0 Å². The van der Waals surface area contributed by atoms with E-state index in [1.54, 1.807) is 0 Å². The van der Waals surface area contributed by atoms with Crippen molar-refractivity contribution in [2.45, 2.75) is 25.7 Å². The van der Waals surface area contributed by atoms with Gasteiger partial charge in [-0.15, -0.1) is 12.3 Å². The fourth-order valence-electron chi connectivity index (χ4n) is 1.32. The molecule has 0 amide bonds. The van der Waals surface area contributed by atoms with Crippen molar-refractivity contribution in [2.75, 3.05) is 11.5 Å². The van der Waals surface area contributed by atoms with Gasteiger partial charge in [-0.3, -0.25) is 0 Å². The number of hydrogen-bond acceptors (Lipinski definition) is 1. The van der Waals surface area contributed by atoms with Crippen LogP contribution in [0.25, 0.3) is 0 Å². The van der Waals surface area contributed by atoms with Crippen molar-refractivity contribution in [3.05, 3.63) is 0 Å². The lowest BCUT2D eigenvalue weighted by Gasteiger charge is -2.19. The summed E-state index contributed by atoms with van der Waals surface area (Å²) in [6.07, 6.45) is 10.2. The largest absolute Gasteiger partial charge is 0.162 e. The Bertz CT molecular complexity index is 117. The van der Waals surface area contributed by atoms with Crippen molar-refractivity contribution in [1.29, 1.82) is 0 Å². The topological polar surface area (TPSA) is 0 Å². The third-order valence-electron chi connectivity index (χ3n) is 1.95. The summed E-state index contributed by atoms with van der Waals surface area (Å²) in [6.45, 7) is 0. The lowest BCUT2D eigenvalue weighted by Crippen LogP contribution is -2.09. The monoisotopic (exact) mass is 154 g/mol. The van der Waals surface area contributed by atoms with Gasteiger partial charge in [0.25, 0.3) is 0 Å². The molecule has 0 aromatic heterocycles. The van der Waals surface area contributed by atoms with E-state index in [4.69, 9.17) is 6.42 Å². The van der Waals surface area contributed by atoms with Gasteiger partial charge in [-0.1, -0.05) is 0 Å². The number of rotatable bonds is 2. The molecule has 0 saturated carbocycles. The molecule has 56 valence electrons. The van der Waals surface area contributed by atoms with Crippen LogP contribution in [0.4, 0.5) is 0 Å². The standard InChI is InChI=1S/C9H14S/c1-2-3-5-9-6-4-7-10-8-9/h1,9H,3-8H2. The van der Waals surface area contributed by atoms with Gasteiger partial charge in [0.05, 0.1) is 0 Å². The van der Waals surface area contributed by atoms with Crippen LogP contribution in [-0.2, 0) is 0 Å². The molecule has 0 N–H and O–H groups in total. The van der Waals surface area contributed by atoms with Crippen molar-refractivity contribution < 1.29 is 0 Å². The zero-order valence-electron chi connectivity index (χ0n) is 6.31. The van der Waals surface area contributed by atoms with Crippen molar-refractivity contribution in [1.82, 2.24) is 0 Å². The second-order valence-corrected chi connectivity index (χ2v) is 3.98. The predicted octanol–water partition coefficient (Wildman–Crippen LogP) is 2.54. The Labute approximate surface area is 67.8 Å². The lowest BCUT2D eigenvalue weighted by molar-refractivity contribution is 0.493. The normalized spacial score (nSPS) is 25.7. The van der Waals surface area contributed by atoms with Gasteiger partial charge in [0, 0.05) is 6.42 Å². The molecular formula is C9H14S. The summed E-state index contributed by atoms with van der Waals surface area (Å²) in [4.78, 5) is 0. The summed E-state index contributed by atoms with van der Waals surface area (Å²) in [7, 11) is 0. The predicted molar refractivity (Wildman–Crippen MR) is 48.1 cm³/mol. The molecule has 1 aliphatic rings. The first-order valence-electron chi connectivity index (χ1n) is 3.94. The molecule has 1 fully saturated rings. The fraction of sp³-hybridized carbons (Fsp3) is 0.778. The van der Waals surface area contributed by atoms with Gasteiger partial charge in [0.1, 0.15) is 0 Å². The summed E-state index contributed by atoms with van der Waals surface area (Å²) in [5, 5.41) is 0. The van der Waals surface area contributed by atoms with Crippen LogP contribution in [0.5, 0.6) is 0 Å². The molecule has 0 aromatic rings. The molecule has 0 aliphatic carbocycles. The average molecular weight is 154 g/mol. The zero-order valence-corrected chi connectivity index (χ0v) is 7.12. The number of terminal acetylenes is 1. The van der Waals surface area contributed by atoms with E-state index in [1.807, 2.05) is 0 Å². The molecule has 1 saturated heterocycles. The molecular weight excluding hydrogens is 140 g/mol. The van der Waals surface area contributed by atoms with Crippen LogP contribution in [0.1, 0.15) is 25.7 Å². The molecule has 1 atom stereocenters. The molecule has 10 heavy (non-hydrogen) atoms. The summed E-state index contributed by atoms with van der Waals surface area (Å²) >= 11 is 2.08. The second kappa shape index (κ2) is 4.68. The Morgan fingerprint density at radius 3 is 3.10 bits per heavy atom. The molecule has 0 nitrogen and oxygen atoms in total. The Balaban J connectivity index is 2.09. The third kappa shape index (κ3) is 2.66. The maximum Gasteiger partial charge on any atom is 0.00889 e. The number of thioether (sulfide) groups is 1. The maximum atomic E-state index is 5.19. The van der Waals surface area contributed by atoms with Gasteiger partial charge in [-0.2, -0.15) is 11.8 Å². The van der Waals surface area contributed by atoms with E-state index in [0.29, 0.717) is 0 Å². The van der Waals surface area contributed by atoms with Crippen LogP contribution in [0.15, 0.2) is 0 Å². The highest BCUT2D eigenvalue weighted by Crippen LogP contribution is 2.25. The summed E-state index contributed by atoms with van der Waals surface area (Å²) in [6, 6.07) is 0. The van der Waals surface area contributed by atoms with E-state index >= 15 is 0 Å². The minimum absolute atomic E-state index is 0.926. The minimum atomic E-state index is 0.926. The SMILES string of the molecule is C#CCCC1CCCSC1. The fourth-order valence-corrected chi connectivity index (χ4v) is 2.53. The average Bonchev–Trinajstić information content (AvgIpc) is 2.03. The molecule has 1 heteroatoms. The molecule has 1 heterocycles. The highest BCUT2D eigenvalue weighted by molar-refractivity contribution is 7.99. The third-order valence-corrected chi connectivity index (χ3v) is 3.24. The Kier molecular flexibility index (Phi) is 3.75. The van der Waals surface area contributed by atoms with Gasteiger partial charge in [-0.05, 0) is 36.7 Å². The Hall–Kier alpha value is -0.0900. The van der Waals surface area contributed by atoms with Crippen LogP contribution in [0.3, 0.4) is 0 Å². The molecule has 0 aromatic carbocycles. The van der Waals surface area contributed by atoms with E-state index in [-0.39, 0.29) is 0 Å². The minimum Gasteiger partial charge on any atom is -0.162 e. The first kappa shape index (κ1) is 8.01. The lowest BCUT2D eigenvalue weighted by atomic mass is 10.00. The molecule has 0 spiro atoms. The van der Waals surface area contributed by atoms with E-state index in [2.05, 4.69) is 17.7 Å². The summed E-state index contributed by atoms with van der Waals surface area (Å²) in [5.41, 5.74) is 0. The Morgan fingerprint density at radius 2 is 2.50 bits per heavy atom. The summed E-state index contributed by atoms with van der Waals surface area (Å²) in [5.74, 6) is 6.35. The van der Waals surface area contributed by atoms with E-state index in [1.165, 1.54) is 30.8 Å². The maximum absolute atomic E-state index is 5.19. The molecule has 1 rings (SSSR count). The second-order valence-electron chi connectivity index (χ2n) is 2.83.